The zero-order valence-corrected chi connectivity index (χ0v) is 17.0. The molecule has 0 aliphatic heterocycles. The van der Waals surface area contributed by atoms with E-state index in [2.05, 4.69) is 32.2 Å². The maximum absolute atomic E-state index is 12.2. The van der Waals surface area contributed by atoms with Crippen molar-refractivity contribution < 1.29 is 14.3 Å². The summed E-state index contributed by atoms with van der Waals surface area (Å²) in [5, 5.41) is 3.03. The molecule has 2 atom stereocenters. The lowest BCUT2D eigenvalue weighted by atomic mass is 9.87. The number of hydrogen-bond donors (Lipinski definition) is 2. The predicted octanol–water partition coefficient (Wildman–Crippen LogP) is 3.37. The van der Waals surface area contributed by atoms with Gasteiger partial charge in [-0.2, -0.15) is 9.97 Å². The lowest BCUT2D eigenvalue weighted by molar-refractivity contribution is 0.0914. The zero-order chi connectivity index (χ0) is 20.6. The molecule has 2 unspecified atom stereocenters. The van der Waals surface area contributed by atoms with E-state index in [1.807, 2.05) is 24.3 Å². The van der Waals surface area contributed by atoms with Gasteiger partial charge in [0, 0.05) is 12.1 Å². The number of carbonyl (C=O) groups is 1. The number of ether oxygens (including phenoxy) is 2. The molecule has 4 rings (SSSR count). The highest BCUT2D eigenvalue weighted by Crippen LogP contribution is 2.24. The van der Waals surface area contributed by atoms with Crippen LogP contribution >= 0.6 is 0 Å². The van der Waals surface area contributed by atoms with Gasteiger partial charge in [0.25, 0.3) is 5.91 Å². The van der Waals surface area contributed by atoms with Crippen LogP contribution in [0, 0.1) is 5.92 Å². The molecule has 2 N–H and O–H groups in total. The van der Waals surface area contributed by atoms with Gasteiger partial charge in [-0.05, 0) is 30.9 Å². The molecule has 0 bridgehead atoms. The zero-order valence-electron chi connectivity index (χ0n) is 17.0. The molecule has 8 nitrogen and oxygen atoms in total. The van der Waals surface area contributed by atoms with Crippen LogP contribution in [0.1, 0.15) is 43.1 Å². The lowest BCUT2D eigenvalue weighted by Gasteiger charge is -2.27. The smallest absolute Gasteiger partial charge is 0.320 e. The molecule has 2 heterocycles. The van der Waals surface area contributed by atoms with Crippen molar-refractivity contribution in [1.82, 2.24) is 25.3 Å². The summed E-state index contributed by atoms with van der Waals surface area (Å²) < 4.78 is 10.0. The first-order valence-corrected chi connectivity index (χ1v) is 9.75. The highest BCUT2D eigenvalue weighted by molar-refractivity contribution is 5.92. The summed E-state index contributed by atoms with van der Waals surface area (Å²) in [5.74, 6) is 0.769. The van der Waals surface area contributed by atoms with Crippen LogP contribution in [0.15, 0.2) is 36.7 Å². The van der Waals surface area contributed by atoms with Crippen LogP contribution in [-0.4, -0.2) is 46.1 Å². The highest BCUT2D eigenvalue weighted by atomic mass is 16.5. The van der Waals surface area contributed by atoms with Crippen LogP contribution in [0.4, 0.5) is 0 Å². The van der Waals surface area contributed by atoms with E-state index in [0.717, 1.165) is 30.3 Å². The van der Waals surface area contributed by atoms with Crippen molar-refractivity contribution in [2.24, 2.45) is 5.92 Å². The molecular weight excluding hydrogens is 370 g/mol. The number of para-hydroxylation sites is 2. The summed E-state index contributed by atoms with van der Waals surface area (Å²) >= 11 is 0. The number of nitrogens with zero attached hydrogens (tertiary/aromatic N) is 3. The van der Waals surface area contributed by atoms with Crippen LogP contribution in [0.5, 0.6) is 11.9 Å². The summed E-state index contributed by atoms with van der Waals surface area (Å²) in [4.78, 5) is 27.3. The maximum atomic E-state index is 12.2. The SMILES string of the molecule is COc1cc(C(=O)NC2CCCC(C)C2)nc(OC)n1.c1ccc2[nH]cnc2c1. The minimum atomic E-state index is -0.205. The minimum absolute atomic E-state index is 0.131. The average molecular weight is 397 g/mol. The number of benzene rings is 1. The maximum Gasteiger partial charge on any atom is 0.320 e. The number of rotatable bonds is 4. The molecule has 1 saturated carbocycles. The third kappa shape index (κ3) is 5.66. The van der Waals surface area contributed by atoms with Crippen molar-refractivity contribution in [2.75, 3.05) is 14.2 Å². The molecule has 3 aromatic rings. The van der Waals surface area contributed by atoms with E-state index < -0.39 is 0 Å². The second-order valence-corrected chi connectivity index (χ2v) is 7.14. The first kappa shape index (κ1) is 20.6. The molecule has 1 fully saturated rings. The molecular formula is C21H27N5O3. The van der Waals surface area contributed by atoms with Crippen molar-refractivity contribution in [2.45, 2.75) is 38.6 Å². The van der Waals surface area contributed by atoms with Gasteiger partial charge in [-0.3, -0.25) is 4.79 Å². The van der Waals surface area contributed by atoms with E-state index in [0.29, 0.717) is 11.8 Å². The van der Waals surface area contributed by atoms with Gasteiger partial charge in [-0.25, -0.2) is 4.98 Å². The number of amides is 1. The van der Waals surface area contributed by atoms with E-state index in [1.165, 1.54) is 26.7 Å². The van der Waals surface area contributed by atoms with Gasteiger partial charge in [-0.15, -0.1) is 0 Å². The summed E-state index contributed by atoms with van der Waals surface area (Å²) in [6.07, 6.45) is 6.13. The quantitative estimate of drug-likeness (QED) is 0.700. The number of nitrogens with one attached hydrogen (secondary N) is 2. The predicted molar refractivity (Wildman–Crippen MR) is 110 cm³/mol. The van der Waals surface area contributed by atoms with Crippen molar-refractivity contribution in [3.8, 4) is 11.9 Å². The van der Waals surface area contributed by atoms with Gasteiger partial charge >= 0.3 is 6.01 Å². The molecule has 1 aromatic carbocycles. The third-order valence-corrected chi connectivity index (χ3v) is 4.91. The summed E-state index contributed by atoms with van der Waals surface area (Å²) in [6.45, 7) is 2.22. The average Bonchev–Trinajstić information content (AvgIpc) is 3.22. The van der Waals surface area contributed by atoms with Crippen molar-refractivity contribution in [3.63, 3.8) is 0 Å². The Labute approximate surface area is 170 Å². The van der Waals surface area contributed by atoms with E-state index in [-0.39, 0.29) is 23.7 Å². The first-order chi connectivity index (χ1) is 14.1. The summed E-state index contributed by atoms with van der Waals surface area (Å²) in [7, 11) is 2.95. The van der Waals surface area contributed by atoms with Crippen LogP contribution in [0.25, 0.3) is 11.0 Å². The molecule has 1 aliphatic rings. The molecule has 1 aliphatic carbocycles. The standard InChI is InChI=1S/C14H21N3O3.C7H6N2/c1-9-5-4-6-10(7-9)15-13(18)11-8-12(19-2)17-14(16-11)20-3;1-2-4-7-6(3-1)8-5-9-7/h8-10H,4-7H2,1-3H3,(H,15,18);1-5H,(H,8,9). The van der Waals surface area contributed by atoms with Gasteiger partial charge in [0.1, 0.15) is 5.69 Å². The monoisotopic (exact) mass is 397 g/mol. The van der Waals surface area contributed by atoms with Crippen LogP contribution in [-0.2, 0) is 0 Å². The van der Waals surface area contributed by atoms with Crippen LogP contribution in [0.3, 0.4) is 0 Å². The topological polar surface area (TPSA) is 102 Å². The fraction of sp³-hybridized carbons (Fsp3) is 0.429. The fourth-order valence-electron chi connectivity index (χ4n) is 3.42. The Balaban J connectivity index is 0.000000220. The highest BCUT2D eigenvalue weighted by Gasteiger charge is 2.22. The van der Waals surface area contributed by atoms with Crippen molar-refractivity contribution in [3.05, 3.63) is 42.4 Å². The number of fused-ring (bicyclic) bond motifs is 1. The Morgan fingerprint density at radius 1 is 1.17 bits per heavy atom. The molecule has 8 heteroatoms. The Hall–Kier alpha value is -3.16. The lowest BCUT2D eigenvalue weighted by Crippen LogP contribution is -2.38. The van der Waals surface area contributed by atoms with Gasteiger partial charge in [0.15, 0.2) is 0 Å². The molecule has 1 amide bonds. The Morgan fingerprint density at radius 2 is 2.00 bits per heavy atom. The van der Waals surface area contributed by atoms with Gasteiger partial charge < -0.3 is 19.8 Å². The van der Waals surface area contributed by atoms with Gasteiger partial charge in [0.05, 0.1) is 31.6 Å². The Bertz CT molecular complexity index is 890. The first-order valence-electron chi connectivity index (χ1n) is 9.75. The van der Waals surface area contributed by atoms with Crippen LogP contribution < -0.4 is 14.8 Å². The largest absolute Gasteiger partial charge is 0.481 e. The van der Waals surface area contributed by atoms with Crippen molar-refractivity contribution in [1.29, 1.82) is 0 Å². The number of methoxy groups -OCH3 is 2. The second kappa shape index (κ2) is 9.86. The normalized spacial score (nSPS) is 18.4. The Morgan fingerprint density at radius 3 is 2.72 bits per heavy atom. The van der Waals surface area contributed by atoms with Gasteiger partial charge in [-0.1, -0.05) is 31.9 Å². The molecule has 154 valence electrons. The summed E-state index contributed by atoms with van der Waals surface area (Å²) in [5.41, 5.74) is 2.39. The van der Waals surface area contributed by atoms with E-state index >= 15 is 0 Å². The van der Waals surface area contributed by atoms with E-state index in [4.69, 9.17) is 9.47 Å². The minimum Gasteiger partial charge on any atom is -0.481 e. The third-order valence-electron chi connectivity index (χ3n) is 4.91. The summed E-state index contributed by atoms with van der Waals surface area (Å²) in [6, 6.07) is 9.81. The van der Waals surface area contributed by atoms with Crippen molar-refractivity contribution >= 4 is 16.9 Å². The number of aromatic nitrogens is 4. The van der Waals surface area contributed by atoms with E-state index in [9.17, 15) is 4.79 Å². The van der Waals surface area contributed by atoms with E-state index in [1.54, 1.807) is 6.33 Å². The number of carbonyl (C=O) groups excluding carboxylic acids is 1. The number of H-pyrrole nitrogens is 1. The van der Waals surface area contributed by atoms with Crippen LogP contribution in [0.2, 0.25) is 0 Å². The number of hydrogen-bond acceptors (Lipinski definition) is 6. The molecule has 2 aromatic heterocycles. The molecule has 29 heavy (non-hydrogen) atoms. The Kier molecular flexibility index (Phi) is 6.99. The fourth-order valence-corrected chi connectivity index (χ4v) is 3.42. The number of aromatic amines is 1. The molecule has 0 radical (unpaired) electrons. The number of imidazole rings is 1. The molecule has 0 saturated heterocycles. The molecule has 0 spiro atoms. The van der Waals surface area contributed by atoms with Gasteiger partial charge in [0.2, 0.25) is 5.88 Å². The second-order valence-electron chi connectivity index (χ2n) is 7.14.